The fourth-order valence-electron chi connectivity index (χ4n) is 2.80. The molecule has 3 heteroatoms. The van der Waals surface area contributed by atoms with Crippen molar-refractivity contribution >= 4 is 5.69 Å². The van der Waals surface area contributed by atoms with Gasteiger partial charge in [-0.05, 0) is 44.1 Å². The molecule has 1 saturated heterocycles. The van der Waals surface area contributed by atoms with Gasteiger partial charge < -0.3 is 15.1 Å². The second-order valence-electron chi connectivity index (χ2n) is 5.80. The molecule has 112 valence electrons. The Morgan fingerprint density at radius 3 is 2.25 bits per heavy atom. The second kappa shape index (κ2) is 7.65. The van der Waals surface area contributed by atoms with Crippen LogP contribution in [0.1, 0.15) is 38.3 Å². The van der Waals surface area contributed by atoms with Crippen molar-refractivity contribution in [2.24, 2.45) is 0 Å². The summed E-state index contributed by atoms with van der Waals surface area (Å²) in [5.41, 5.74) is 2.78. The van der Waals surface area contributed by atoms with Crippen molar-refractivity contribution in [3.63, 3.8) is 0 Å². The topological polar surface area (TPSA) is 18.5 Å². The Labute approximate surface area is 124 Å². The number of hydrogen-bond acceptors (Lipinski definition) is 3. The van der Waals surface area contributed by atoms with E-state index in [0.717, 1.165) is 39.1 Å². The van der Waals surface area contributed by atoms with Gasteiger partial charge in [-0.1, -0.05) is 26.0 Å². The number of piperazine rings is 1. The molecule has 1 aliphatic heterocycles. The quantitative estimate of drug-likeness (QED) is 0.861. The van der Waals surface area contributed by atoms with Crippen LogP contribution >= 0.6 is 0 Å². The van der Waals surface area contributed by atoms with Gasteiger partial charge in [0.1, 0.15) is 0 Å². The smallest absolute Gasteiger partial charge is 0.0367 e. The van der Waals surface area contributed by atoms with Gasteiger partial charge in [0, 0.05) is 37.9 Å². The molecular weight excluding hydrogens is 246 g/mol. The van der Waals surface area contributed by atoms with Crippen molar-refractivity contribution < 1.29 is 0 Å². The van der Waals surface area contributed by atoms with Crippen molar-refractivity contribution in [1.82, 2.24) is 10.2 Å². The molecule has 0 amide bonds. The SMILES string of the molecule is CCCNC(CC)c1ccc(N2CCN(C)CC2)cc1. The Morgan fingerprint density at radius 1 is 1.05 bits per heavy atom. The molecule has 1 aromatic rings. The van der Waals surface area contributed by atoms with Crippen LogP contribution in [-0.4, -0.2) is 44.7 Å². The first-order chi connectivity index (χ1) is 9.74. The lowest BCUT2D eigenvalue weighted by Gasteiger charge is -2.34. The highest BCUT2D eigenvalue weighted by molar-refractivity contribution is 5.48. The molecular formula is C17H29N3. The van der Waals surface area contributed by atoms with Crippen LogP contribution in [0.2, 0.25) is 0 Å². The summed E-state index contributed by atoms with van der Waals surface area (Å²) >= 11 is 0. The third-order valence-electron chi connectivity index (χ3n) is 4.21. The molecule has 0 saturated carbocycles. The van der Waals surface area contributed by atoms with Gasteiger partial charge in [0.2, 0.25) is 0 Å². The molecule has 1 N–H and O–H groups in total. The first-order valence-corrected chi connectivity index (χ1v) is 8.01. The second-order valence-corrected chi connectivity index (χ2v) is 5.80. The number of anilines is 1. The van der Waals surface area contributed by atoms with E-state index in [1.165, 1.54) is 17.7 Å². The van der Waals surface area contributed by atoms with E-state index in [2.05, 4.69) is 60.3 Å². The van der Waals surface area contributed by atoms with E-state index >= 15 is 0 Å². The van der Waals surface area contributed by atoms with Crippen LogP contribution in [0.3, 0.4) is 0 Å². The van der Waals surface area contributed by atoms with Crippen LogP contribution in [0.15, 0.2) is 24.3 Å². The molecule has 1 atom stereocenters. The minimum Gasteiger partial charge on any atom is -0.369 e. The maximum Gasteiger partial charge on any atom is 0.0367 e. The van der Waals surface area contributed by atoms with Crippen molar-refractivity contribution in [2.45, 2.75) is 32.7 Å². The van der Waals surface area contributed by atoms with Gasteiger partial charge >= 0.3 is 0 Å². The minimum atomic E-state index is 0.497. The fourth-order valence-corrected chi connectivity index (χ4v) is 2.80. The maximum absolute atomic E-state index is 3.62. The number of rotatable bonds is 6. The van der Waals surface area contributed by atoms with Gasteiger partial charge in [-0.25, -0.2) is 0 Å². The molecule has 0 aliphatic carbocycles. The average Bonchev–Trinajstić information content (AvgIpc) is 2.49. The molecule has 1 aliphatic rings. The minimum absolute atomic E-state index is 0.497. The lowest BCUT2D eigenvalue weighted by molar-refractivity contribution is 0.313. The number of likely N-dealkylation sites (N-methyl/N-ethyl adjacent to an activating group) is 1. The zero-order valence-corrected chi connectivity index (χ0v) is 13.2. The highest BCUT2D eigenvalue weighted by Gasteiger charge is 2.14. The third-order valence-corrected chi connectivity index (χ3v) is 4.21. The van der Waals surface area contributed by atoms with Gasteiger partial charge in [0.25, 0.3) is 0 Å². The maximum atomic E-state index is 3.62. The van der Waals surface area contributed by atoms with E-state index in [1.54, 1.807) is 0 Å². The van der Waals surface area contributed by atoms with Gasteiger partial charge in [0.05, 0.1) is 0 Å². The summed E-state index contributed by atoms with van der Waals surface area (Å²) in [7, 11) is 2.20. The highest BCUT2D eigenvalue weighted by Crippen LogP contribution is 2.22. The van der Waals surface area contributed by atoms with E-state index in [9.17, 15) is 0 Å². The van der Waals surface area contributed by atoms with E-state index in [4.69, 9.17) is 0 Å². The van der Waals surface area contributed by atoms with Gasteiger partial charge in [-0.3, -0.25) is 0 Å². The lowest BCUT2D eigenvalue weighted by atomic mass is 10.0. The van der Waals surface area contributed by atoms with Crippen LogP contribution in [0, 0.1) is 0 Å². The lowest BCUT2D eigenvalue weighted by Crippen LogP contribution is -2.44. The first-order valence-electron chi connectivity index (χ1n) is 8.01. The van der Waals surface area contributed by atoms with Crippen LogP contribution < -0.4 is 10.2 Å². The standard InChI is InChI=1S/C17H29N3/c1-4-10-18-17(5-2)15-6-8-16(9-7-15)20-13-11-19(3)12-14-20/h6-9,17-18H,4-5,10-14H2,1-3H3. The van der Waals surface area contributed by atoms with Gasteiger partial charge in [0.15, 0.2) is 0 Å². The van der Waals surface area contributed by atoms with E-state index in [1.807, 2.05) is 0 Å². The molecule has 0 bridgehead atoms. The Hall–Kier alpha value is -1.06. The summed E-state index contributed by atoms with van der Waals surface area (Å²) in [6.07, 6.45) is 2.34. The summed E-state index contributed by atoms with van der Waals surface area (Å²) in [4.78, 5) is 4.89. The van der Waals surface area contributed by atoms with E-state index in [0.29, 0.717) is 6.04 Å². The Morgan fingerprint density at radius 2 is 1.70 bits per heavy atom. The molecule has 1 unspecified atom stereocenters. The molecule has 0 radical (unpaired) electrons. The average molecular weight is 275 g/mol. The highest BCUT2D eigenvalue weighted by atomic mass is 15.2. The molecule has 0 aromatic heterocycles. The molecule has 1 aromatic carbocycles. The van der Waals surface area contributed by atoms with Crippen molar-refractivity contribution in [3.8, 4) is 0 Å². The zero-order chi connectivity index (χ0) is 14.4. The van der Waals surface area contributed by atoms with Crippen LogP contribution in [0.4, 0.5) is 5.69 Å². The van der Waals surface area contributed by atoms with Crippen LogP contribution in [0.5, 0.6) is 0 Å². The summed E-state index contributed by atoms with van der Waals surface area (Å²) in [5.74, 6) is 0. The molecule has 0 spiro atoms. The summed E-state index contributed by atoms with van der Waals surface area (Å²) in [6, 6.07) is 9.67. The molecule has 1 heterocycles. The summed E-state index contributed by atoms with van der Waals surface area (Å²) < 4.78 is 0. The molecule has 20 heavy (non-hydrogen) atoms. The summed E-state index contributed by atoms with van der Waals surface area (Å²) in [6.45, 7) is 10.2. The Kier molecular flexibility index (Phi) is 5.86. The number of nitrogens with one attached hydrogen (secondary N) is 1. The first kappa shape index (κ1) is 15.3. The van der Waals surface area contributed by atoms with E-state index < -0.39 is 0 Å². The zero-order valence-electron chi connectivity index (χ0n) is 13.2. The monoisotopic (exact) mass is 275 g/mol. The van der Waals surface area contributed by atoms with Crippen molar-refractivity contribution in [1.29, 1.82) is 0 Å². The Bertz CT molecular complexity index is 356. The third kappa shape index (κ3) is 3.97. The fraction of sp³-hybridized carbons (Fsp3) is 0.647. The largest absolute Gasteiger partial charge is 0.369 e. The van der Waals surface area contributed by atoms with E-state index in [-0.39, 0.29) is 0 Å². The van der Waals surface area contributed by atoms with Crippen molar-refractivity contribution in [3.05, 3.63) is 29.8 Å². The van der Waals surface area contributed by atoms with Gasteiger partial charge in [-0.2, -0.15) is 0 Å². The normalized spacial score (nSPS) is 18.2. The van der Waals surface area contributed by atoms with Gasteiger partial charge in [-0.15, -0.1) is 0 Å². The number of nitrogens with zero attached hydrogens (tertiary/aromatic N) is 2. The molecule has 1 fully saturated rings. The molecule has 3 nitrogen and oxygen atoms in total. The number of benzene rings is 1. The predicted molar refractivity (Wildman–Crippen MR) is 87.5 cm³/mol. The Balaban J connectivity index is 1.98. The van der Waals surface area contributed by atoms with Crippen LogP contribution in [0.25, 0.3) is 0 Å². The summed E-state index contributed by atoms with van der Waals surface area (Å²) in [5, 5.41) is 3.62. The molecule has 2 rings (SSSR count). The number of hydrogen-bond donors (Lipinski definition) is 1. The van der Waals surface area contributed by atoms with Crippen molar-refractivity contribution in [2.75, 3.05) is 44.7 Å². The van der Waals surface area contributed by atoms with Crippen LogP contribution in [-0.2, 0) is 0 Å². The predicted octanol–water partition coefficient (Wildman–Crippen LogP) is 2.89.